The number of fused-ring (bicyclic) bond motifs is 5. The molecule has 5 heterocycles. The van der Waals surface area contributed by atoms with Crippen LogP contribution in [0.15, 0.2) is 53.6 Å². The molecular formula is C31H30N3O6+. The lowest BCUT2D eigenvalue weighted by Crippen LogP contribution is -2.44. The Morgan fingerprint density at radius 2 is 2.02 bits per heavy atom. The Kier molecular flexibility index (Phi) is 6.26. The Morgan fingerprint density at radius 3 is 2.77 bits per heavy atom. The Labute approximate surface area is 230 Å². The van der Waals surface area contributed by atoms with Gasteiger partial charge in [0, 0.05) is 22.6 Å². The third-order valence-electron chi connectivity index (χ3n) is 8.01. The zero-order chi connectivity index (χ0) is 28.2. The smallest absolute Gasteiger partial charge is 0.343 e. The molecule has 4 aromatic rings. The van der Waals surface area contributed by atoms with Gasteiger partial charge in [-0.2, -0.15) is 0 Å². The highest BCUT2D eigenvalue weighted by atomic mass is 16.6. The topological polar surface area (TPSA) is 112 Å². The monoisotopic (exact) mass is 540 g/mol. The highest BCUT2D eigenvalue weighted by molar-refractivity contribution is 5.93. The minimum atomic E-state index is -1.85. The highest BCUT2D eigenvalue weighted by Crippen LogP contribution is 2.40. The molecule has 40 heavy (non-hydrogen) atoms. The quantitative estimate of drug-likeness (QED) is 0.192. The normalized spacial score (nSPS) is 17.2. The van der Waals surface area contributed by atoms with Crippen molar-refractivity contribution in [2.75, 3.05) is 6.61 Å². The minimum absolute atomic E-state index is 0.0179. The van der Waals surface area contributed by atoms with Crippen LogP contribution in [0, 0.1) is 0 Å². The maximum Gasteiger partial charge on any atom is 0.343 e. The maximum absolute atomic E-state index is 13.5. The Morgan fingerprint density at radius 1 is 1.20 bits per heavy atom. The molecule has 1 atom stereocenters. The average Bonchev–Trinajstić information content (AvgIpc) is 3.32. The van der Waals surface area contributed by atoms with E-state index in [0.717, 1.165) is 28.5 Å². The molecule has 2 aliphatic rings. The molecule has 0 radical (unpaired) electrons. The summed E-state index contributed by atoms with van der Waals surface area (Å²) < 4.78 is 14.8. The van der Waals surface area contributed by atoms with Crippen LogP contribution in [-0.2, 0) is 41.2 Å². The number of carbonyl (C=O) groups is 2. The molecule has 0 unspecified atom stereocenters. The first-order chi connectivity index (χ1) is 19.2. The molecule has 0 fully saturated rings. The molecule has 2 aliphatic heterocycles. The Bertz CT molecular complexity index is 1780. The number of nitrogens with zero attached hydrogens (tertiary/aromatic N) is 3. The number of cyclic esters (lactones) is 1. The number of benzene rings is 1. The lowest BCUT2D eigenvalue weighted by atomic mass is 9.86. The summed E-state index contributed by atoms with van der Waals surface area (Å²) in [7, 11) is 0. The fraction of sp³-hybridized carbons (Fsp3) is 0.323. The molecule has 9 nitrogen and oxygen atoms in total. The van der Waals surface area contributed by atoms with Gasteiger partial charge < -0.3 is 19.1 Å². The molecule has 1 N–H and O–H groups in total. The lowest BCUT2D eigenvalue weighted by Gasteiger charge is -2.31. The predicted molar refractivity (Wildman–Crippen MR) is 146 cm³/mol. The molecule has 0 spiro atoms. The van der Waals surface area contributed by atoms with Crippen molar-refractivity contribution < 1.29 is 28.7 Å². The van der Waals surface area contributed by atoms with Crippen LogP contribution >= 0.6 is 0 Å². The summed E-state index contributed by atoms with van der Waals surface area (Å²) in [5.74, 6) is -0.00765. The number of rotatable bonds is 7. The fourth-order valence-corrected chi connectivity index (χ4v) is 5.77. The van der Waals surface area contributed by atoms with Gasteiger partial charge in [0.05, 0.1) is 34.6 Å². The summed E-state index contributed by atoms with van der Waals surface area (Å²) in [6, 6.07) is 11.1. The van der Waals surface area contributed by atoms with Gasteiger partial charge in [0.25, 0.3) is 5.56 Å². The van der Waals surface area contributed by atoms with E-state index in [1.165, 1.54) is 0 Å². The molecule has 1 aromatic carbocycles. The number of hydrogen-bond donors (Lipinski definition) is 1. The number of ketones is 1. The number of carbonyl (C=O) groups excluding carboxylic acids is 2. The summed E-state index contributed by atoms with van der Waals surface area (Å²) in [5, 5.41) is 12.1. The summed E-state index contributed by atoms with van der Waals surface area (Å²) in [6.07, 6.45) is 4.54. The number of Topliss-reactive ketones (excluding diaryl/α,β-unsaturated/α-hetero) is 1. The predicted octanol–water partition coefficient (Wildman–Crippen LogP) is 3.21. The minimum Gasteiger partial charge on any atom is -0.487 e. The number of esters is 1. The van der Waals surface area contributed by atoms with Crippen molar-refractivity contribution in [2.45, 2.75) is 58.9 Å². The van der Waals surface area contributed by atoms with Crippen LogP contribution in [0.1, 0.15) is 59.8 Å². The van der Waals surface area contributed by atoms with Gasteiger partial charge in [-0.1, -0.05) is 13.8 Å². The zero-order valence-electron chi connectivity index (χ0n) is 22.7. The van der Waals surface area contributed by atoms with Gasteiger partial charge in [-0.25, -0.2) is 14.3 Å². The average molecular weight is 541 g/mol. The number of aryl methyl sites for hydroxylation is 1. The second-order valence-electron chi connectivity index (χ2n) is 10.3. The molecule has 0 aliphatic carbocycles. The van der Waals surface area contributed by atoms with Crippen LogP contribution in [0.5, 0.6) is 5.75 Å². The van der Waals surface area contributed by atoms with Gasteiger partial charge in [0.2, 0.25) is 0 Å². The molecule has 6 rings (SSSR count). The molecule has 9 heteroatoms. The number of ether oxygens (including phenoxy) is 2. The number of aliphatic hydroxyl groups is 1. The second-order valence-corrected chi connectivity index (χ2v) is 10.3. The van der Waals surface area contributed by atoms with Crippen LogP contribution in [0.2, 0.25) is 0 Å². The SMILES string of the molecule is CCc1c2c(nc3ccc(OCC[n+]4cccc(C(C)=O)c4)cc13)-c1cc3c(c(=O)n1C2)COC(=O)[C@]3(O)CC. The first-order valence-corrected chi connectivity index (χ1v) is 13.5. The van der Waals surface area contributed by atoms with E-state index in [0.29, 0.717) is 53.5 Å². The van der Waals surface area contributed by atoms with Gasteiger partial charge in [-0.15, -0.1) is 0 Å². The lowest BCUT2D eigenvalue weighted by molar-refractivity contribution is -0.697. The molecular weight excluding hydrogens is 510 g/mol. The highest BCUT2D eigenvalue weighted by Gasteiger charge is 2.45. The summed E-state index contributed by atoms with van der Waals surface area (Å²) in [6.45, 7) is 6.52. The van der Waals surface area contributed by atoms with Crippen molar-refractivity contribution in [3.05, 3.63) is 87.0 Å². The molecule has 0 saturated heterocycles. The van der Waals surface area contributed by atoms with Crippen molar-refractivity contribution in [3.63, 3.8) is 0 Å². The van der Waals surface area contributed by atoms with Crippen LogP contribution in [-0.4, -0.2) is 33.0 Å². The maximum atomic E-state index is 13.5. The van der Waals surface area contributed by atoms with Gasteiger partial charge in [-0.3, -0.25) is 9.59 Å². The zero-order valence-corrected chi connectivity index (χ0v) is 22.7. The molecule has 204 valence electrons. The van der Waals surface area contributed by atoms with Crippen molar-refractivity contribution in [1.29, 1.82) is 0 Å². The molecule has 3 aromatic heterocycles. The second kappa shape index (κ2) is 9.67. The largest absolute Gasteiger partial charge is 0.487 e. The number of aromatic nitrogens is 3. The van der Waals surface area contributed by atoms with E-state index in [4.69, 9.17) is 14.5 Å². The molecule has 0 saturated carbocycles. The van der Waals surface area contributed by atoms with E-state index in [-0.39, 0.29) is 24.4 Å². The van der Waals surface area contributed by atoms with Crippen molar-refractivity contribution in [2.24, 2.45) is 0 Å². The first-order valence-electron chi connectivity index (χ1n) is 13.5. The number of pyridine rings is 3. The van der Waals surface area contributed by atoms with Crippen molar-refractivity contribution in [1.82, 2.24) is 9.55 Å². The van der Waals surface area contributed by atoms with Gasteiger partial charge >= 0.3 is 5.97 Å². The van der Waals surface area contributed by atoms with E-state index < -0.39 is 11.6 Å². The van der Waals surface area contributed by atoms with E-state index in [1.54, 1.807) is 30.5 Å². The Balaban J connectivity index is 1.35. The van der Waals surface area contributed by atoms with Crippen molar-refractivity contribution in [3.8, 4) is 17.1 Å². The number of hydrogen-bond acceptors (Lipinski definition) is 7. The Hall–Kier alpha value is -4.37. The van der Waals surface area contributed by atoms with Gasteiger partial charge in [0.1, 0.15) is 19.0 Å². The van der Waals surface area contributed by atoms with E-state index in [1.807, 2.05) is 41.2 Å². The molecule has 0 bridgehead atoms. The fourth-order valence-electron chi connectivity index (χ4n) is 5.77. The third kappa shape index (κ3) is 4.00. The first kappa shape index (κ1) is 25.9. The van der Waals surface area contributed by atoms with Gasteiger partial charge in [0.15, 0.2) is 30.3 Å². The van der Waals surface area contributed by atoms with Gasteiger partial charge in [-0.05, 0) is 55.7 Å². The van der Waals surface area contributed by atoms with Crippen molar-refractivity contribution >= 4 is 22.7 Å². The summed E-state index contributed by atoms with van der Waals surface area (Å²) >= 11 is 0. The standard InChI is InChI=1S/C31H30N3O6/c1-4-21-22-13-20(39-12-11-33-10-6-7-19(15-33)18(3)35)8-9-26(22)32-28-23(21)16-34-27(28)14-25-24(29(34)36)17-40-30(37)31(25,38)5-2/h6-10,13-15,38H,4-5,11-12,16-17H2,1-3H3/q+1/t31-/m0/s1. The van der Waals surface area contributed by atoms with E-state index in [2.05, 4.69) is 6.92 Å². The van der Waals surface area contributed by atoms with Crippen LogP contribution in [0.25, 0.3) is 22.3 Å². The third-order valence-corrected chi connectivity index (χ3v) is 8.01. The summed E-state index contributed by atoms with van der Waals surface area (Å²) in [5.41, 5.74) is 3.24. The van der Waals surface area contributed by atoms with Crippen LogP contribution in [0.4, 0.5) is 0 Å². The molecule has 0 amide bonds. The van der Waals surface area contributed by atoms with Crippen LogP contribution in [0.3, 0.4) is 0 Å². The summed E-state index contributed by atoms with van der Waals surface area (Å²) in [4.78, 5) is 42.6. The van der Waals surface area contributed by atoms with E-state index in [9.17, 15) is 19.5 Å². The van der Waals surface area contributed by atoms with Crippen LogP contribution < -0.4 is 14.9 Å². The van der Waals surface area contributed by atoms with E-state index >= 15 is 0 Å².